The van der Waals surface area contributed by atoms with E-state index in [0.717, 1.165) is 0 Å². The van der Waals surface area contributed by atoms with Gasteiger partial charge in [-0.05, 0) is 34.7 Å². The lowest BCUT2D eigenvalue weighted by Crippen LogP contribution is -2.56. The summed E-state index contributed by atoms with van der Waals surface area (Å²) in [5, 5.41) is 2.64. The SMILES string of the molecule is CC(C)c1c(COC(C)(C(F)(F)F)C(F)(F)F)cccc1C(Cl)N=O. The highest BCUT2D eigenvalue weighted by Crippen LogP contribution is 2.46. The van der Waals surface area contributed by atoms with Crippen molar-refractivity contribution in [1.29, 1.82) is 0 Å². The molecule has 142 valence electrons. The first-order chi connectivity index (χ1) is 11.3. The Balaban J connectivity index is 3.29. The van der Waals surface area contributed by atoms with Crippen molar-refractivity contribution >= 4 is 11.6 Å². The first kappa shape index (κ1) is 21.7. The van der Waals surface area contributed by atoms with Crippen molar-refractivity contribution in [2.45, 2.75) is 56.8 Å². The molecule has 0 saturated carbocycles. The molecule has 0 aliphatic heterocycles. The van der Waals surface area contributed by atoms with E-state index in [0.29, 0.717) is 5.56 Å². The lowest BCUT2D eigenvalue weighted by Gasteiger charge is -2.34. The van der Waals surface area contributed by atoms with Gasteiger partial charge in [-0.15, -0.1) is 4.91 Å². The zero-order valence-corrected chi connectivity index (χ0v) is 14.3. The van der Waals surface area contributed by atoms with Crippen molar-refractivity contribution in [3.8, 4) is 0 Å². The van der Waals surface area contributed by atoms with Gasteiger partial charge in [0.1, 0.15) is 0 Å². The quantitative estimate of drug-likeness (QED) is 0.250. The zero-order chi connectivity index (χ0) is 19.6. The highest BCUT2D eigenvalue weighted by Gasteiger charge is 2.69. The van der Waals surface area contributed by atoms with Crippen LogP contribution in [0.4, 0.5) is 26.3 Å². The second kappa shape index (κ2) is 7.49. The number of nitroso groups, excluding NO2 is 1. The Morgan fingerprint density at radius 2 is 1.64 bits per heavy atom. The van der Waals surface area contributed by atoms with E-state index in [1.165, 1.54) is 18.2 Å². The molecule has 0 aliphatic rings. The van der Waals surface area contributed by atoms with Crippen molar-refractivity contribution in [2.75, 3.05) is 0 Å². The molecule has 0 aromatic heterocycles. The summed E-state index contributed by atoms with van der Waals surface area (Å²) >= 11 is 5.77. The maximum Gasteiger partial charge on any atom is 0.426 e. The number of nitrogens with zero attached hydrogens (tertiary/aromatic N) is 1. The Labute approximate surface area is 145 Å². The third-order valence-corrected chi connectivity index (χ3v) is 4.07. The Morgan fingerprint density at radius 1 is 1.12 bits per heavy atom. The van der Waals surface area contributed by atoms with E-state index in [2.05, 4.69) is 9.91 Å². The van der Waals surface area contributed by atoms with E-state index in [4.69, 9.17) is 11.6 Å². The minimum absolute atomic E-state index is 0.0662. The lowest BCUT2D eigenvalue weighted by atomic mass is 9.92. The van der Waals surface area contributed by atoms with Crippen LogP contribution in [-0.4, -0.2) is 18.0 Å². The van der Waals surface area contributed by atoms with Gasteiger partial charge in [0.05, 0.1) is 6.61 Å². The molecule has 1 aromatic carbocycles. The fourth-order valence-corrected chi connectivity index (χ4v) is 2.46. The van der Waals surface area contributed by atoms with Crippen LogP contribution in [0.15, 0.2) is 23.4 Å². The smallest absolute Gasteiger partial charge is 0.353 e. The first-order valence-electron chi connectivity index (χ1n) is 7.12. The lowest BCUT2D eigenvalue weighted by molar-refractivity contribution is -0.377. The fraction of sp³-hybridized carbons (Fsp3) is 0.600. The molecule has 0 fully saturated rings. The van der Waals surface area contributed by atoms with Gasteiger partial charge in [-0.1, -0.05) is 43.6 Å². The molecule has 0 aliphatic carbocycles. The van der Waals surface area contributed by atoms with Crippen LogP contribution in [0.5, 0.6) is 0 Å². The minimum atomic E-state index is -5.65. The highest BCUT2D eigenvalue weighted by molar-refractivity contribution is 6.20. The third-order valence-electron chi connectivity index (χ3n) is 3.75. The molecule has 0 heterocycles. The van der Waals surface area contributed by atoms with E-state index < -0.39 is 30.1 Å². The topological polar surface area (TPSA) is 38.7 Å². The van der Waals surface area contributed by atoms with Gasteiger partial charge >= 0.3 is 12.4 Å². The van der Waals surface area contributed by atoms with Gasteiger partial charge in [-0.2, -0.15) is 26.3 Å². The predicted molar refractivity (Wildman–Crippen MR) is 80.2 cm³/mol. The summed E-state index contributed by atoms with van der Waals surface area (Å²) in [4.78, 5) is 10.7. The average Bonchev–Trinajstić information content (AvgIpc) is 2.48. The van der Waals surface area contributed by atoms with Crippen molar-refractivity contribution in [3.05, 3.63) is 39.8 Å². The summed E-state index contributed by atoms with van der Waals surface area (Å²) in [6.07, 6.45) is -11.3. The number of rotatable bonds is 6. The number of halogens is 7. The van der Waals surface area contributed by atoms with Crippen LogP contribution in [0.3, 0.4) is 0 Å². The van der Waals surface area contributed by atoms with Crippen molar-refractivity contribution in [1.82, 2.24) is 0 Å². The first-order valence-corrected chi connectivity index (χ1v) is 7.55. The number of ether oxygens (including phenoxy) is 1. The summed E-state index contributed by atoms with van der Waals surface area (Å²) in [6.45, 7) is 2.29. The average molecular weight is 392 g/mol. The standard InChI is InChI=1S/C15H16ClF6NO2/c1-8(2)11-9(5-4-6-10(11)12(16)23-24)7-25-13(3,14(17,18)19)15(20,21)22/h4-6,8,12H,7H2,1-3H3. The third kappa shape index (κ3) is 4.44. The van der Waals surface area contributed by atoms with E-state index >= 15 is 0 Å². The van der Waals surface area contributed by atoms with Crippen molar-refractivity contribution in [2.24, 2.45) is 5.18 Å². The number of hydrogen-bond donors (Lipinski definition) is 0. The molecule has 0 spiro atoms. The van der Waals surface area contributed by atoms with Crippen LogP contribution in [0.25, 0.3) is 0 Å². The number of hydrogen-bond acceptors (Lipinski definition) is 3. The number of alkyl halides is 7. The van der Waals surface area contributed by atoms with E-state index in [1.54, 1.807) is 13.8 Å². The monoisotopic (exact) mass is 391 g/mol. The summed E-state index contributed by atoms with van der Waals surface area (Å²) in [5.41, 5.74) is -5.02. The van der Waals surface area contributed by atoms with Gasteiger partial charge in [0.25, 0.3) is 5.60 Å². The molecular formula is C15H16ClF6NO2. The molecule has 1 unspecified atom stereocenters. The molecule has 25 heavy (non-hydrogen) atoms. The van der Waals surface area contributed by atoms with Gasteiger partial charge in [0.15, 0.2) is 5.50 Å². The van der Waals surface area contributed by atoms with Crippen LogP contribution in [0, 0.1) is 4.91 Å². The molecule has 0 amide bonds. The van der Waals surface area contributed by atoms with Crippen LogP contribution in [0.2, 0.25) is 0 Å². The van der Waals surface area contributed by atoms with Gasteiger partial charge in [0, 0.05) is 0 Å². The van der Waals surface area contributed by atoms with E-state index in [-0.39, 0.29) is 24.0 Å². The fourth-order valence-electron chi connectivity index (χ4n) is 2.27. The molecule has 0 saturated heterocycles. The highest BCUT2D eigenvalue weighted by atomic mass is 35.5. The molecule has 1 rings (SSSR count). The predicted octanol–water partition coefficient (Wildman–Crippen LogP) is 6.21. The van der Waals surface area contributed by atoms with Crippen molar-refractivity contribution in [3.63, 3.8) is 0 Å². The molecule has 0 bridgehead atoms. The molecule has 0 N–H and O–H groups in total. The summed E-state index contributed by atoms with van der Waals surface area (Å²) in [7, 11) is 0. The molecular weight excluding hydrogens is 376 g/mol. The van der Waals surface area contributed by atoms with Crippen LogP contribution in [-0.2, 0) is 11.3 Å². The van der Waals surface area contributed by atoms with Crippen molar-refractivity contribution < 1.29 is 31.1 Å². The molecule has 10 heteroatoms. The largest absolute Gasteiger partial charge is 0.426 e. The Bertz CT molecular complexity index is 601. The maximum atomic E-state index is 12.9. The van der Waals surface area contributed by atoms with Crippen LogP contribution < -0.4 is 0 Å². The summed E-state index contributed by atoms with van der Waals surface area (Å²) in [5.74, 6) is -0.333. The molecule has 0 radical (unpaired) electrons. The Hall–Kier alpha value is -1.35. The minimum Gasteiger partial charge on any atom is -0.353 e. The Morgan fingerprint density at radius 3 is 2.04 bits per heavy atom. The van der Waals surface area contributed by atoms with Crippen LogP contribution >= 0.6 is 11.6 Å². The zero-order valence-electron chi connectivity index (χ0n) is 13.5. The van der Waals surface area contributed by atoms with E-state index in [1.807, 2.05) is 0 Å². The van der Waals surface area contributed by atoms with Gasteiger partial charge < -0.3 is 4.74 Å². The Kier molecular flexibility index (Phi) is 6.50. The molecule has 1 aromatic rings. The van der Waals surface area contributed by atoms with Gasteiger partial charge in [0.2, 0.25) is 0 Å². The number of benzene rings is 1. The summed E-state index contributed by atoms with van der Waals surface area (Å²) < 4.78 is 81.7. The molecule has 1 atom stereocenters. The van der Waals surface area contributed by atoms with Crippen LogP contribution in [0.1, 0.15) is 48.9 Å². The molecule has 3 nitrogen and oxygen atoms in total. The second-order valence-electron chi connectivity index (χ2n) is 5.83. The maximum absolute atomic E-state index is 12.9. The normalized spacial score (nSPS) is 14.7. The van der Waals surface area contributed by atoms with Gasteiger partial charge in [-0.3, -0.25) is 0 Å². The second-order valence-corrected chi connectivity index (χ2v) is 6.25. The summed E-state index contributed by atoms with van der Waals surface area (Å²) in [6, 6.07) is 4.12. The van der Waals surface area contributed by atoms with Gasteiger partial charge in [-0.25, -0.2) is 0 Å². The van der Waals surface area contributed by atoms with E-state index in [9.17, 15) is 31.2 Å².